The van der Waals surface area contributed by atoms with Crippen molar-refractivity contribution < 1.29 is 14.3 Å². The minimum absolute atomic E-state index is 0.0769. The summed E-state index contributed by atoms with van der Waals surface area (Å²) in [5, 5.41) is 0. The van der Waals surface area contributed by atoms with Crippen molar-refractivity contribution in [2.24, 2.45) is 11.8 Å². The molecule has 4 atom stereocenters. The molecule has 19 heavy (non-hydrogen) atoms. The van der Waals surface area contributed by atoms with Gasteiger partial charge in [-0.05, 0) is 40.9 Å². The molecule has 0 aromatic carbocycles. The lowest BCUT2D eigenvalue weighted by Crippen LogP contribution is -2.34. The van der Waals surface area contributed by atoms with Crippen molar-refractivity contribution in [2.75, 3.05) is 4.90 Å². The van der Waals surface area contributed by atoms with Crippen LogP contribution in [0.15, 0.2) is 22.8 Å². The first-order valence-corrected chi connectivity index (χ1v) is 7.11. The number of fused-ring (bicyclic) bond motifs is 5. The average molecular weight is 323 g/mol. The van der Waals surface area contributed by atoms with E-state index in [9.17, 15) is 9.59 Å². The Morgan fingerprint density at radius 1 is 1.16 bits per heavy atom. The van der Waals surface area contributed by atoms with E-state index < -0.39 is 0 Å². The Morgan fingerprint density at radius 2 is 1.79 bits per heavy atom. The highest BCUT2D eigenvalue weighted by atomic mass is 79.9. The first kappa shape index (κ1) is 11.5. The number of amides is 2. The predicted molar refractivity (Wildman–Crippen MR) is 69.3 cm³/mol. The van der Waals surface area contributed by atoms with Crippen LogP contribution in [0.5, 0.6) is 0 Å². The molecule has 98 valence electrons. The molecule has 2 amide bonds. The molecule has 2 bridgehead atoms. The summed E-state index contributed by atoms with van der Waals surface area (Å²) >= 11 is 3.29. The Hall–Kier alpha value is -1.27. The SMILES string of the molecule is O=C1C2C3CCC(O3)C2C(=O)N1c1ccc(Br)cn1. The fraction of sp³-hybridized carbons (Fsp3) is 0.462. The maximum atomic E-state index is 12.4. The van der Waals surface area contributed by atoms with Gasteiger partial charge < -0.3 is 4.74 Å². The van der Waals surface area contributed by atoms with Gasteiger partial charge >= 0.3 is 0 Å². The number of carbonyl (C=O) groups excluding carboxylic acids is 2. The minimum atomic E-state index is -0.295. The van der Waals surface area contributed by atoms with Gasteiger partial charge in [0.2, 0.25) is 11.8 Å². The fourth-order valence-corrected chi connectivity index (χ4v) is 3.67. The Kier molecular flexibility index (Phi) is 2.35. The summed E-state index contributed by atoms with van der Waals surface area (Å²) in [5.41, 5.74) is 0. The molecule has 1 aromatic rings. The van der Waals surface area contributed by atoms with Gasteiger partial charge in [0, 0.05) is 10.7 Å². The molecule has 3 fully saturated rings. The number of imide groups is 1. The number of halogens is 1. The molecule has 3 saturated heterocycles. The van der Waals surface area contributed by atoms with E-state index in [0.29, 0.717) is 5.82 Å². The van der Waals surface area contributed by atoms with Gasteiger partial charge in [-0.3, -0.25) is 9.59 Å². The third-order valence-corrected chi connectivity index (χ3v) is 4.69. The Labute approximate surface area is 118 Å². The van der Waals surface area contributed by atoms with Crippen molar-refractivity contribution >= 4 is 33.6 Å². The van der Waals surface area contributed by atoms with E-state index in [4.69, 9.17) is 4.74 Å². The first-order valence-electron chi connectivity index (χ1n) is 6.31. The quantitative estimate of drug-likeness (QED) is 0.735. The lowest BCUT2D eigenvalue weighted by atomic mass is 9.81. The van der Waals surface area contributed by atoms with E-state index >= 15 is 0 Å². The topological polar surface area (TPSA) is 59.5 Å². The maximum Gasteiger partial charge on any atom is 0.241 e. The van der Waals surface area contributed by atoms with Crippen LogP contribution >= 0.6 is 15.9 Å². The third kappa shape index (κ3) is 1.47. The summed E-state index contributed by atoms with van der Waals surface area (Å²) in [6.45, 7) is 0. The number of nitrogens with zero attached hydrogens (tertiary/aromatic N) is 2. The van der Waals surface area contributed by atoms with Gasteiger partial charge in [-0.15, -0.1) is 0 Å². The number of hydrogen-bond donors (Lipinski definition) is 0. The molecular weight excluding hydrogens is 312 g/mol. The molecule has 4 heterocycles. The van der Waals surface area contributed by atoms with Gasteiger partial charge in [0.1, 0.15) is 5.82 Å². The smallest absolute Gasteiger partial charge is 0.241 e. The highest BCUT2D eigenvalue weighted by Gasteiger charge is 2.62. The van der Waals surface area contributed by atoms with Gasteiger partial charge in [0.05, 0.1) is 24.0 Å². The standard InChI is InChI=1S/C13H11BrN2O3/c14-6-1-4-9(15-5-6)16-12(17)10-7-2-3-8(19-7)11(10)13(16)18/h1,4-5,7-8,10-11H,2-3H2. The zero-order chi connectivity index (χ0) is 13.1. The summed E-state index contributed by atoms with van der Waals surface area (Å²) in [6, 6.07) is 3.46. The van der Waals surface area contributed by atoms with Gasteiger partial charge in [-0.25, -0.2) is 9.88 Å². The Bertz CT molecular complexity index is 546. The van der Waals surface area contributed by atoms with Crippen LogP contribution in [0.25, 0.3) is 0 Å². The van der Waals surface area contributed by atoms with Gasteiger partial charge in [-0.1, -0.05) is 0 Å². The molecule has 6 heteroatoms. The van der Waals surface area contributed by atoms with E-state index in [1.165, 1.54) is 4.90 Å². The van der Waals surface area contributed by atoms with Gasteiger partial charge in [0.25, 0.3) is 0 Å². The molecule has 5 nitrogen and oxygen atoms in total. The van der Waals surface area contributed by atoms with E-state index in [1.54, 1.807) is 18.3 Å². The summed E-state index contributed by atoms with van der Waals surface area (Å²) in [5.74, 6) is -0.491. The van der Waals surface area contributed by atoms with E-state index in [0.717, 1.165) is 17.3 Å². The normalized spacial score (nSPS) is 36.2. The molecule has 0 aliphatic carbocycles. The number of anilines is 1. The van der Waals surface area contributed by atoms with Crippen molar-refractivity contribution in [2.45, 2.75) is 25.0 Å². The second kappa shape index (κ2) is 3.86. The van der Waals surface area contributed by atoms with Gasteiger partial charge in [-0.2, -0.15) is 0 Å². The highest BCUT2D eigenvalue weighted by molar-refractivity contribution is 9.10. The summed E-state index contributed by atoms with van der Waals surface area (Å²) in [7, 11) is 0. The van der Waals surface area contributed by atoms with Crippen molar-refractivity contribution in [1.29, 1.82) is 0 Å². The van der Waals surface area contributed by atoms with E-state index in [1.807, 2.05) is 0 Å². The first-order chi connectivity index (χ1) is 9.16. The number of rotatable bonds is 1. The monoisotopic (exact) mass is 322 g/mol. The van der Waals surface area contributed by atoms with Crippen LogP contribution in [0.3, 0.4) is 0 Å². The van der Waals surface area contributed by atoms with Crippen LogP contribution < -0.4 is 4.90 Å². The lowest BCUT2D eigenvalue weighted by molar-refractivity contribution is -0.124. The van der Waals surface area contributed by atoms with E-state index in [2.05, 4.69) is 20.9 Å². The van der Waals surface area contributed by atoms with Crippen molar-refractivity contribution in [3.05, 3.63) is 22.8 Å². The van der Waals surface area contributed by atoms with Crippen LogP contribution in [0.1, 0.15) is 12.8 Å². The molecule has 4 unspecified atom stereocenters. The molecule has 0 saturated carbocycles. The maximum absolute atomic E-state index is 12.4. The molecular formula is C13H11BrN2O3. The summed E-state index contributed by atoms with van der Waals surface area (Å²) < 4.78 is 6.51. The predicted octanol–water partition coefficient (Wildman–Crippen LogP) is 1.51. The molecule has 4 rings (SSSR count). The zero-order valence-corrected chi connectivity index (χ0v) is 11.5. The average Bonchev–Trinajstić information content (AvgIpc) is 3.06. The Morgan fingerprint density at radius 3 is 2.32 bits per heavy atom. The zero-order valence-electron chi connectivity index (χ0n) is 9.95. The van der Waals surface area contributed by atoms with E-state index in [-0.39, 0.29) is 35.9 Å². The Balaban J connectivity index is 1.73. The van der Waals surface area contributed by atoms with Crippen molar-refractivity contribution in [3.8, 4) is 0 Å². The number of pyridine rings is 1. The summed E-state index contributed by atoms with van der Waals surface area (Å²) in [4.78, 5) is 30.3. The molecule has 1 aromatic heterocycles. The second-order valence-electron chi connectivity index (χ2n) is 5.19. The minimum Gasteiger partial charge on any atom is -0.373 e. The molecule has 3 aliphatic rings. The second-order valence-corrected chi connectivity index (χ2v) is 6.10. The van der Waals surface area contributed by atoms with Crippen LogP contribution in [0.4, 0.5) is 5.82 Å². The van der Waals surface area contributed by atoms with Crippen molar-refractivity contribution in [1.82, 2.24) is 4.98 Å². The highest BCUT2D eigenvalue weighted by Crippen LogP contribution is 2.49. The van der Waals surface area contributed by atoms with Crippen LogP contribution in [0.2, 0.25) is 0 Å². The molecule has 0 radical (unpaired) electrons. The van der Waals surface area contributed by atoms with Gasteiger partial charge in [0.15, 0.2) is 0 Å². The lowest BCUT2D eigenvalue weighted by Gasteiger charge is -2.16. The largest absolute Gasteiger partial charge is 0.373 e. The van der Waals surface area contributed by atoms with Crippen LogP contribution in [-0.4, -0.2) is 29.0 Å². The number of ether oxygens (including phenoxy) is 1. The molecule has 0 spiro atoms. The third-order valence-electron chi connectivity index (χ3n) is 4.23. The molecule has 0 N–H and O–H groups in total. The number of aromatic nitrogens is 1. The summed E-state index contributed by atoms with van der Waals surface area (Å²) in [6.07, 6.45) is 3.20. The number of carbonyl (C=O) groups is 2. The fourth-order valence-electron chi connectivity index (χ4n) is 3.44. The van der Waals surface area contributed by atoms with Crippen molar-refractivity contribution in [3.63, 3.8) is 0 Å². The van der Waals surface area contributed by atoms with Crippen LogP contribution in [-0.2, 0) is 14.3 Å². The van der Waals surface area contributed by atoms with Crippen LogP contribution in [0, 0.1) is 11.8 Å². The molecule has 3 aliphatic heterocycles. The number of hydrogen-bond acceptors (Lipinski definition) is 4.